The van der Waals surface area contributed by atoms with Gasteiger partial charge in [-0.1, -0.05) is 19.0 Å². The molecule has 1 aromatic rings. The van der Waals surface area contributed by atoms with Crippen LogP contribution in [0.5, 0.6) is 0 Å². The number of aromatic nitrogens is 2. The van der Waals surface area contributed by atoms with Crippen molar-refractivity contribution in [2.45, 2.75) is 51.5 Å². The molecule has 4 nitrogen and oxygen atoms in total. The smallest absolute Gasteiger partial charge is 0.228 e. The molecule has 0 amide bonds. The summed E-state index contributed by atoms with van der Waals surface area (Å²) in [6.45, 7) is 4.34. The fourth-order valence-electron chi connectivity index (χ4n) is 1.77. The Kier molecular flexibility index (Phi) is 3.05. The minimum Gasteiger partial charge on any atom is -0.339 e. The molecule has 0 aromatic carbocycles. The van der Waals surface area contributed by atoms with E-state index in [4.69, 9.17) is 10.3 Å². The van der Waals surface area contributed by atoms with E-state index in [9.17, 15) is 0 Å². The van der Waals surface area contributed by atoms with Gasteiger partial charge in [0, 0.05) is 18.4 Å². The van der Waals surface area contributed by atoms with E-state index in [2.05, 4.69) is 24.0 Å². The molecule has 2 rings (SSSR count). The van der Waals surface area contributed by atoms with Gasteiger partial charge < -0.3 is 10.3 Å². The first-order valence-electron chi connectivity index (χ1n) is 5.73. The molecule has 2 N–H and O–H groups in total. The van der Waals surface area contributed by atoms with Crippen LogP contribution in [0.1, 0.15) is 50.7 Å². The summed E-state index contributed by atoms with van der Waals surface area (Å²) in [7, 11) is 0. The minimum absolute atomic E-state index is 0.137. The van der Waals surface area contributed by atoms with Gasteiger partial charge in [0.15, 0.2) is 5.82 Å². The molecule has 0 saturated heterocycles. The van der Waals surface area contributed by atoms with Crippen molar-refractivity contribution in [1.82, 2.24) is 10.1 Å². The lowest BCUT2D eigenvalue weighted by atomic mass is 10.0. The molecule has 0 aliphatic heterocycles. The molecule has 0 radical (unpaired) electrons. The summed E-state index contributed by atoms with van der Waals surface area (Å²) >= 11 is 0. The average Bonchev–Trinajstić information content (AvgIpc) is 2.87. The Morgan fingerprint density at radius 3 is 2.80 bits per heavy atom. The summed E-state index contributed by atoms with van der Waals surface area (Å²) < 4.78 is 5.18. The highest BCUT2D eigenvalue weighted by molar-refractivity contribution is 5.03. The summed E-state index contributed by atoms with van der Waals surface area (Å²) in [6.07, 6.45) is 4.12. The van der Waals surface area contributed by atoms with Crippen LogP contribution in [0.15, 0.2) is 4.52 Å². The van der Waals surface area contributed by atoms with Crippen LogP contribution in [-0.2, 0) is 6.42 Å². The first-order chi connectivity index (χ1) is 7.15. The van der Waals surface area contributed by atoms with Crippen molar-refractivity contribution in [2.24, 2.45) is 11.7 Å². The molecule has 0 spiro atoms. The van der Waals surface area contributed by atoms with Crippen LogP contribution in [0, 0.1) is 5.92 Å². The van der Waals surface area contributed by atoms with Crippen LogP contribution in [0.3, 0.4) is 0 Å². The Labute approximate surface area is 90.2 Å². The Morgan fingerprint density at radius 1 is 1.47 bits per heavy atom. The maximum atomic E-state index is 5.98. The lowest BCUT2D eigenvalue weighted by molar-refractivity contribution is 0.355. The standard InChI is InChI=1S/C11H19N3O/c1-7(2)5-9(12)6-10-13-11(14-15-10)8-3-4-8/h7-9H,3-6,12H2,1-2H3. The number of hydrogen-bond acceptors (Lipinski definition) is 4. The average molecular weight is 209 g/mol. The first-order valence-corrected chi connectivity index (χ1v) is 5.73. The Morgan fingerprint density at radius 2 is 2.20 bits per heavy atom. The van der Waals surface area contributed by atoms with Crippen molar-refractivity contribution in [3.8, 4) is 0 Å². The van der Waals surface area contributed by atoms with Crippen molar-refractivity contribution in [3.63, 3.8) is 0 Å². The summed E-state index contributed by atoms with van der Waals surface area (Å²) in [5.74, 6) is 2.75. The molecule has 1 aliphatic rings. The van der Waals surface area contributed by atoms with E-state index in [0.29, 0.717) is 24.1 Å². The Bertz CT molecular complexity index is 317. The van der Waals surface area contributed by atoms with E-state index in [0.717, 1.165) is 12.2 Å². The van der Waals surface area contributed by atoms with Crippen LogP contribution < -0.4 is 5.73 Å². The molecule has 1 aliphatic carbocycles. The third-order valence-corrected chi connectivity index (χ3v) is 2.64. The third kappa shape index (κ3) is 3.02. The summed E-state index contributed by atoms with van der Waals surface area (Å²) in [5.41, 5.74) is 5.98. The van der Waals surface area contributed by atoms with E-state index in [-0.39, 0.29) is 6.04 Å². The molecule has 4 heteroatoms. The van der Waals surface area contributed by atoms with Gasteiger partial charge >= 0.3 is 0 Å². The van der Waals surface area contributed by atoms with Crippen LogP contribution >= 0.6 is 0 Å². The van der Waals surface area contributed by atoms with Crippen molar-refractivity contribution in [3.05, 3.63) is 11.7 Å². The van der Waals surface area contributed by atoms with Gasteiger partial charge in [0.2, 0.25) is 5.89 Å². The Hall–Kier alpha value is -0.900. The van der Waals surface area contributed by atoms with Gasteiger partial charge in [-0.15, -0.1) is 0 Å². The quantitative estimate of drug-likeness (QED) is 0.804. The van der Waals surface area contributed by atoms with E-state index in [1.165, 1.54) is 12.8 Å². The second-order valence-electron chi connectivity index (χ2n) is 4.91. The molecule has 1 fully saturated rings. The molecular weight excluding hydrogens is 190 g/mol. The summed E-state index contributed by atoms with van der Waals surface area (Å²) in [4.78, 5) is 4.36. The highest BCUT2D eigenvalue weighted by atomic mass is 16.5. The number of nitrogens with two attached hydrogens (primary N) is 1. The van der Waals surface area contributed by atoms with Gasteiger partial charge in [0.1, 0.15) is 0 Å². The number of nitrogens with zero attached hydrogens (tertiary/aromatic N) is 2. The molecule has 15 heavy (non-hydrogen) atoms. The van der Waals surface area contributed by atoms with E-state index in [1.54, 1.807) is 0 Å². The van der Waals surface area contributed by atoms with Gasteiger partial charge in [0.25, 0.3) is 0 Å². The van der Waals surface area contributed by atoms with Gasteiger partial charge in [-0.3, -0.25) is 0 Å². The number of rotatable bonds is 5. The largest absolute Gasteiger partial charge is 0.339 e. The van der Waals surface area contributed by atoms with Crippen LogP contribution in [0.4, 0.5) is 0 Å². The maximum Gasteiger partial charge on any atom is 0.228 e. The molecule has 1 aromatic heterocycles. The Balaban J connectivity index is 1.86. The van der Waals surface area contributed by atoms with Crippen molar-refractivity contribution in [2.75, 3.05) is 0 Å². The molecular formula is C11H19N3O. The van der Waals surface area contributed by atoms with E-state index < -0.39 is 0 Å². The van der Waals surface area contributed by atoms with Crippen molar-refractivity contribution < 1.29 is 4.52 Å². The predicted octanol–water partition coefficient (Wildman–Crippen LogP) is 1.86. The summed E-state index contributed by atoms with van der Waals surface area (Å²) in [6, 6.07) is 0.137. The van der Waals surface area contributed by atoms with Crippen LogP contribution in [-0.4, -0.2) is 16.2 Å². The van der Waals surface area contributed by atoms with Gasteiger partial charge in [-0.25, -0.2) is 0 Å². The minimum atomic E-state index is 0.137. The number of hydrogen-bond donors (Lipinski definition) is 1. The van der Waals surface area contributed by atoms with Gasteiger partial charge in [-0.2, -0.15) is 4.98 Å². The molecule has 1 unspecified atom stereocenters. The zero-order valence-electron chi connectivity index (χ0n) is 9.44. The molecule has 1 atom stereocenters. The second kappa shape index (κ2) is 4.31. The molecule has 0 bridgehead atoms. The zero-order valence-corrected chi connectivity index (χ0v) is 9.44. The monoisotopic (exact) mass is 209 g/mol. The van der Waals surface area contributed by atoms with Crippen molar-refractivity contribution >= 4 is 0 Å². The fourth-order valence-corrected chi connectivity index (χ4v) is 1.77. The highest BCUT2D eigenvalue weighted by Gasteiger charge is 2.28. The second-order valence-corrected chi connectivity index (χ2v) is 4.91. The van der Waals surface area contributed by atoms with Gasteiger partial charge in [-0.05, 0) is 25.2 Å². The van der Waals surface area contributed by atoms with Crippen molar-refractivity contribution in [1.29, 1.82) is 0 Å². The first kappa shape index (κ1) is 10.6. The lowest BCUT2D eigenvalue weighted by Crippen LogP contribution is -2.24. The SMILES string of the molecule is CC(C)CC(N)Cc1nc(C2CC2)no1. The zero-order chi connectivity index (χ0) is 10.8. The summed E-state index contributed by atoms with van der Waals surface area (Å²) in [5, 5.41) is 3.97. The lowest BCUT2D eigenvalue weighted by Gasteiger charge is -2.10. The third-order valence-electron chi connectivity index (χ3n) is 2.64. The highest BCUT2D eigenvalue weighted by Crippen LogP contribution is 2.38. The van der Waals surface area contributed by atoms with E-state index in [1.807, 2.05) is 0 Å². The maximum absolute atomic E-state index is 5.98. The van der Waals surface area contributed by atoms with Crippen LogP contribution in [0.25, 0.3) is 0 Å². The van der Waals surface area contributed by atoms with E-state index >= 15 is 0 Å². The molecule has 1 heterocycles. The predicted molar refractivity (Wildman–Crippen MR) is 57.4 cm³/mol. The topological polar surface area (TPSA) is 64.9 Å². The molecule has 84 valence electrons. The van der Waals surface area contributed by atoms with Crippen LogP contribution in [0.2, 0.25) is 0 Å². The normalized spacial score (nSPS) is 18.4. The molecule has 1 saturated carbocycles. The fraction of sp³-hybridized carbons (Fsp3) is 0.818. The van der Waals surface area contributed by atoms with Gasteiger partial charge in [0.05, 0.1) is 0 Å².